The minimum Gasteiger partial charge on any atom is -0.148 e. The van der Waals surface area contributed by atoms with Gasteiger partial charge in [0.25, 0.3) is 0 Å². The molecule has 1 rings (SSSR count). The van der Waals surface area contributed by atoms with Crippen molar-refractivity contribution in [1.82, 2.24) is 0 Å². The highest BCUT2D eigenvalue weighted by Gasteiger charge is 2.23. The molecule has 4 heteroatoms. The summed E-state index contributed by atoms with van der Waals surface area (Å²) in [5, 5.41) is 4.17. The molecule has 0 N–H and O–H groups in total. The van der Waals surface area contributed by atoms with Gasteiger partial charge in [-0.2, -0.15) is 0 Å². The molecule has 0 aliphatic carbocycles. The van der Waals surface area contributed by atoms with Crippen LogP contribution in [0.1, 0.15) is 11.8 Å². The lowest BCUT2D eigenvalue weighted by Gasteiger charge is -2.24. The first-order valence-corrected chi connectivity index (χ1v) is 7.87. The van der Waals surface area contributed by atoms with E-state index in [2.05, 4.69) is 66.2 Å². The summed E-state index contributed by atoms with van der Waals surface area (Å²) in [6.07, 6.45) is 1.11. The Hall–Kier alpha value is 1.14. The molecule has 0 fully saturated rings. The van der Waals surface area contributed by atoms with Crippen molar-refractivity contribution in [3.63, 3.8) is 0 Å². The average molecular weight is 391 g/mol. The van der Waals surface area contributed by atoms with Gasteiger partial charge in [0, 0.05) is 20.0 Å². The van der Waals surface area contributed by atoms with Crippen LogP contribution in [0.3, 0.4) is 0 Å². The summed E-state index contributed by atoms with van der Waals surface area (Å²) in [7, 11) is 0. The number of hydrogen-bond acceptors (Lipinski definition) is 1. The third-order valence-corrected chi connectivity index (χ3v) is 6.56. The SMILES string of the molecule is CC(CBr)(CBr)Cc1sccc1Br. The summed E-state index contributed by atoms with van der Waals surface area (Å²) in [5.74, 6) is 0. The summed E-state index contributed by atoms with van der Waals surface area (Å²) in [6.45, 7) is 2.28. The molecular formula is C9H11Br3S. The van der Waals surface area contributed by atoms with Crippen LogP contribution in [-0.2, 0) is 6.42 Å². The van der Waals surface area contributed by atoms with Gasteiger partial charge in [-0.25, -0.2) is 0 Å². The first-order chi connectivity index (χ1) is 6.11. The van der Waals surface area contributed by atoms with E-state index < -0.39 is 0 Å². The molecule has 0 radical (unpaired) electrons. The zero-order valence-electron chi connectivity index (χ0n) is 7.32. The minimum atomic E-state index is 0.313. The van der Waals surface area contributed by atoms with Crippen molar-refractivity contribution in [3.8, 4) is 0 Å². The van der Waals surface area contributed by atoms with E-state index in [0.717, 1.165) is 17.1 Å². The van der Waals surface area contributed by atoms with Crippen LogP contribution in [-0.4, -0.2) is 10.7 Å². The molecule has 0 nitrogen and oxygen atoms in total. The Balaban J connectivity index is 2.73. The highest BCUT2D eigenvalue weighted by Crippen LogP contribution is 2.33. The van der Waals surface area contributed by atoms with Crippen molar-refractivity contribution < 1.29 is 0 Å². The molecule has 1 heterocycles. The van der Waals surface area contributed by atoms with Gasteiger partial charge in [-0.3, -0.25) is 0 Å². The van der Waals surface area contributed by atoms with Crippen LogP contribution in [0.4, 0.5) is 0 Å². The molecule has 0 aliphatic rings. The summed E-state index contributed by atoms with van der Waals surface area (Å²) < 4.78 is 1.24. The second kappa shape index (κ2) is 5.29. The third kappa shape index (κ3) is 3.33. The highest BCUT2D eigenvalue weighted by molar-refractivity contribution is 9.10. The van der Waals surface area contributed by atoms with Crippen LogP contribution in [0.15, 0.2) is 15.9 Å². The molecular weight excluding hydrogens is 380 g/mol. The van der Waals surface area contributed by atoms with Gasteiger partial charge >= 0.3 is 0 Å². The van der Waals surface area contributed by atoms with E-state index in [9.17, 15) is 0 Å². The molecule has 0 bridgehead atoms. The molecule has 0 amide bonds. The maximum atomic E-state index is 3.56. The second-order valence-electron chi connectivity index (χ2n) is 3.45. The Morgan fingerprint density at radius 1 is 1.38 bits per heavy atom. The minimum absolute atomic E-state index is 0.313. The lowest BCUT2D eigenvalue weighted by Crippen LogP contribution is -2.22. The van der Waals surface area contributed by atoms with Gasteiger partial charge in [-0.1, -0.05) is 38.8 Å². The van der Waals surface area contributed by atoms with Crippen molar-refractivity contribution >= 4 is 59.1 Å². The summed E-state index contributed by atoms with van der Waals surface area (Å²) in [6, 6.07) is 2.11. The molecule has 74 valence electrons. The molecule has 0 spiro atoms. The molecule has 0 saturated carbocycles. The number of halogens is 3. The van der Waals surface area contributed by atoms with Crippen LogP contribution < -0.4 is 0 Å². The van der Waals surface area contributed by atoms with E-state index >= 15 is 0 Å². The van der Waals surface area contributed by atoms with E-state index in [1.54, 1.807) is 0 Å². The fraction of sp³-hybridized carbons (Fsp3) is 0.556. The molecule has 0 unspecified atom stereocenters. The molecule has 13 heavy (non-hydrogen) atoms. The van der Waals surface area contributed by atoms with Crippen LogP contribution in [0.5, 0.6) is 0 Å². The van der Waals surface area contributed by atoms with Gasteiger partial charge in [0.2, 0.25) is 0 Å². The second-order valence-corrected chi connectivity index (χ2v) is 6.42. The van der Waals surface area contributed by atoms with Crippen molar-refractivity contribution in [1.29, 1.82) is 0 Å². The fourth-order valence-electron chi connectivity index (χ4n) is 0.969. The van der Waals surface area contributed by atoms with Gasteiger partial charge < -0.3 is 0 Å². The number of hydrogen-bond donors (Lipinski definition) is 0. The van der Waals surface area contributed by atoms with Gasteiger partial charge in [0.1, 0.15) is 0 Å². The largest absolute Gasteiger partial charge is 0.148 e. The van der Waals surface area contributed by atoms with Crippen LogP contribution in [0.2, 0.25) is 0 Å². The summed E-state index contributed by atoms with van der Waals surface area (Å²) in [5.41, 5.74) is 0.313. The average Bonchev–Trinajstić information content (AvgIpc) is 2.52. The van der Waals surface area contributed by atoms with Gasteiger partial charge in [0.05, 0.1) is 0 Å². The lowest BCUT2D eigenvalue weighted by atomic mass is 9.91. The first kappa shape index (κ1) is 12.2. The quantitative estimate of drug-likeness (QED) is 0.645. The molecule has 0 saturated heterocycles. The van der Waals surface area contributed by atoms with Crippen molar-refractivity contribution in [2.24, 2.45) is 5.41 Å². The maximum absolute atomic E-state index is 3.56. The Morgan fingerprint density at radius 2 is 2.00 bits per heavy atom. The molecule has 0 atom stereocenters. The first-order valence-electron chi connectivity index (χ1n) is 3.95. The Bertz CT molecular complexity index is 266. The Morgan fingerprint density at radius 3 is 2.38 bits per heavy atom. The van der Waals surface area contributed by atoms with Crippen LogP contribution in [0.25, 0.3) is 0 Å². The van der Waals surface area contributed by atoms with E-state index in [-0.39, 0.29) is 0 Å². The van der Waals surface area contributed by atoms with Crippen LogP contribution >= 0.6 is 59.1 Å². The monoisotopic (exact) mass is 388 g/mol. The van der Waals surface area contributed by atoms with Crippen molar-refractivity contribution in [3.05, 3.63) is 20.8 Å². The smallest absolute Gasteiger partial charge is 0.0314 e. The van der Waals surface area contributed by atoms with E-state index in [4.69, 9.17) is 0 Å². The normalized spacial score (nSPS) is 12.0. The van der Waals surface area contributed by atoms with Gasteiger partial charge in [-0.05, 0) is 39.2 Å². The zero-order valence-corrected chi connectivity index (χ0v) is 12.9. The third-order valence-electron chi connectivity index (χ3n) is 1.92. The fourth-order valence-corrected chi connectivity index (χ4v) is 4.00. The van der Waals surface area contributed by atoms with Crippen molar-refractivity contribution in [2.45, 2.75) is 13.3 Å². The van der Waals surface area contributed by atoms with E-state index in [0.29, 0.717) is 5.41 Å². The van der Waals surface area contributed by atoms with E-state index in [1.807, 2.05) is 11.3 Å². The van der Waals surface area contributed by atoms with Crippen molar-refractivity contribution in [2.75, 3.05) is 10.7 Å². The predicted molar refractivity (Wildman–Crippen MR) is 71.4 cm³/mol. The predicted octanol–water partition coefficient (Wildman–Crippen LogP) is 4.85. The van der Waals surface area contributed by atoms with Crippen LogP contribution in [0, 0.1) is 5.41 Å². The van der Waals surface area contributed by atoms with E-state index in [1.165, 1.54) is 9.35 Å². The Kier molecular flexibility index (Phi) is 4.97. The summed E-state index contributed by atoms with van der Waals surface area (Å²) in [4.78, 5) is 1.43. The number of thiophene rings is 1. The topological polar surface area (TPSA) is 0 Å². The number of rotatable bonds is 4. The summed E-state index contributed by atoms with van der Waals surface area (Å²) >= 11 is 12.5. The van der Waals surface area contributed by atoms with Gasteiger partial charge in [-0.15, -0.1) is 11.3 Å². The zero-order chi connectivity index (χ0) is 9.90. The molecule has 1 aromatic heterocycles. The lowest BCUT2D eigenvalue weighted by molar-refractivity contribution is 0.442. The Labute approximate surface area is 108 Å². The molecule has 0 aliphatic heterocycles. The molecule has 0 aromatic carbocycles. The number of alkyl halides is 2. The highest BCUT2D eigenvalue weighted by atomic mass is 79.9. The molecule has 1 aromatic rings. The van der Waals surface area contributed by atoms with Gasteiger partial charge in [0.15, 0.2) is 0 Å². The maximum Gasteiger partial charge on any atom is 0.0314 e. The standard InChI is InChI=1S/C9H11Br3S/c1-9(5-10,6-11)4-8-7(12)2-3-13-8/h2-3H,4-6H2,1H3.